The number of fused-ring (bicyclic) bond motifs is 1. The van der Waals surface area contributed by atoms with Crippen LogP contribution >= 0.6 is 0 Å². The summed E-state index contributed by atoms with van der Waals surface area (Å²) in [6.45, 7) is 5.73. The van der Waals surface area contributed by atoms with Crippen molar-refractivity contribution in [3.63, 3.8) is 0 Å². The van der Waals surface area contributed by atoms with Gasteiger partial charge >= 0.3 is 0 Å². The average Bonchev–Trinajstić information content (AvgIpc) is 3.38. The van der Waals surface area contributed by atoms with E-state index in [9.17, 15) is 0 Å². The lowest BCUT2D eigenvalue weighted by atomic mass is 9.80. The Kier molecular flexibility index (Phi) is 3.38. The van der Waals surface area contributed by atoms with Gasteiger partial charge in [0, 0.05) is 32.4 Å². The zero-order chi connectivity index (χ0) is 17.7. The number of rotatable bonds is 3. The van der Waals surface area contributed by atoms with Gasteiger partial charge in [-0.2, -0.15) is 0 Å². The first-order valence-corrected chi connectivity index (χ1v) is 9.19. The van der Waals surface area contributed by atoms with E-state index >= 15 is 0 Å². The van der Waals surface area contributed by atoms with Gasteiger partial charge in [0.1, 0.15) is 17.5 Å². The van der Waals surface area contributed by atoms with Gasteiger partial charge in [0.2, 0.25) is 11.8 Å². The number of anilines is 1. The van der Waals surface area contributed by atoms with Crippen LogP contribution < -0.4 is 4.90 Å². The molecule has 0 amide bonds. The minimum absolute atomic E-state index is 0.0239. The van der Waals surface area contributed by atoms with E-state index < -0.39 is 0 Å². The van der Waals surface area contributed by atoms with Crippen LogP contribution in [0.2, 0.25) is 0 Å². The van der Waals surface area contributed by atoms with Crippen molar-refractivity contribution in [2.45, 2.75) is 38.5 Å². The van der Waals surface area contributed by atoms with Crippen molar-refractivity contribution in [2.24, 2.45) is 5.92 Å². The predicted molar refractivity (Wildman–Crippen MR) is 96.4 cm³/mol. The highest BCUT2D eigenvalue weighted by Gasteiger charge is 2.54. The first-order chi connectivity index (χ1) is 12.7. The van der Waals surface area contributed by atoms with Crippen LogP contribution in [-0.2, 0) is 5.41 Å². The Morgan fingerprint density at radius 1 is 1.19 bits per heavy atom. The fourth-order valence-corrected chi connectivity index (χ4v) is 4.65. The smallest absolute Gasteiger partial charge is 0.224 e. The van der Waals surface area contributed by atoms with Crippen LogP contribution in [0.5, 0.6) is 0 Å². The Labute approximate surface area is 152 Å². The van der Waals surface area contributed by atoms with Gasteiger partial charge in [0.15, 0.2) is 0 Å². The molecule has 5 rings (SSSR count). The summed E-state index contributed by atoms with van der Waals surface area (Å²) in [5, 5.41) is 8.46. The summed E-state index contributed by atoms with van der Waals surface area (Å²) in [5.74, 6) is 4.84. The molecule has 0 radical (unpaired) electrons. The highest BCUT2D eigenvalue weighted by molar-refractivity contribution is 5.46. The van der Waals surface area contributed by atoms with Crippen molar-refractivity contribution in [1.82, 2.24) is 24.7 Å². The van der Waals surface area contributed by atoms with Gasteiger partial charge in [-0.15, -0.1) is 10.2 Å². The van der Waals surface area contributed by atoms with Crippen molar-refractivity contribution in [3.8, 4) is 5.82 Å². The third-order valence-electron chi connectivity index (χ3n) is 5.94. The molecule has 0 N–H and O–H groups in total. The van der Waals surface area contributed by atoms with Crippen molar-refractivity contribution in [2.75, 3.05) is 18.0 Å². The van der Waals surface area contributed by atoms with Gasteiger partial charge in [0.25, 0.3) is 0 Å². The molecule has 0 aromatic carbocycles. The second kappa shape index (κ2) is 5.65. The normalized spacial score (nSPS) is 25.0. The second-order valence-corrected chi connectivity index (χ2v) is 7.45. The SMILES string of the molecule is Cc1nnc([C@]23CCC[C@H]2CN(c2cccc(-n4ccnc4C)n2)C3)o1. The maximum atomic E-state index is 5.87. The molecule has 3 aromatic heterocycles. The maximum absolute atomic E-state index is 5.87. The largest absolute Gasteiger partial charge is 0.425 e. The van der Waals surface area contributed by atoms with Gasteiger partial charge < -0.3 is 9.32 Å². The number of hydrogen-bond acceptors (Lipinski definition) is 6. The van der Waals surface area contributed by atoms with Crippen molar-refractivity contribution in [3.05, 3.63) is 48.2 Å². The van der Waals surface area contributed by atoms with Crippen LogP contribution in [0.4, 0.5) is 5.82 Å². The molecule has 2 fully saturated rings. The molecule has 26 heavy (non-hydrogen) atoms. The quantitative estimate of drug-likeness (QED) is 0.723. The van der Waals surface area contributed by atoms with Gasteiger partial charge in [-0.3, -0.25) is 4.57 Å². The highest BCUT2D eigenvalue weighted by Crippen LogP contribution is 2.50. The maximum Gasteiger partial charge on any atom is 0.224 e. The molecule has 7 heteroatoms. The van der Waals surface area contributed by atoms with E-state index in [4.69, 9.17) is 9.40 Å². The van der Waals surface area contributed by atoms with Crippen molar-refractivity contribution >= 4 is 5.82 Å². The van der Waals surface area contributed by atoms with Crippen LogP contribution in [0.25, 0.3) is 5.82 Å². The summed E-state index contributed by atoms with van der Waals surface area (Å²) in [6.07, 6.45) is 7.29. The zero-order valence-corrected chi connectivity index (χ0v) is 15.1. The molecule has 1 saturated carbocycles. The molecule has 1 aliphatic heterocycles. The van der Waals surface area contributed by atoms with E-state index in [0.29, 0.717) is 11.8 Å². The summed E-state index contributed by atoms with van der Waals surface area (Å²) in [4.78, 5) is 11.6. The molecule has 0 spiro atoms. The molecule has 0 unspecified atom stereocenters. The molecule has 1 aliphatic carbocycles. The lowest BCUT2D eigenvalue weighted by Gasteiger charge is -2.25. The first kappa shape index (κ1) is 15.5. The summed E-state index contributed by atoms with van der Waals surface area (Å²) in [6, 6.07) is 6.17. The number of aryl methyl sites for hydroxylation is 2. The van der Waals surface area contributed by atoms with E-state index in [-0.39, 0.29) is 5.41 Å². The lowest BCUT2D eigenvalue weighted by molar-refractivity contribution is 0.299. The zero-order valence-electron chi connectivity index (χ0n) is 15.1. The fraction of sp³-hybridized carbons (Fsp3) is 0.474. The van der Waals surface area contributed by atoms with Gasteiger partial charge in [-0.1, -0.05) is 12.5 Å². The Morgan fingerprint density at radius 3 is 2.85 bits per heavy atom. The van der Waals surface area contributed by atoms with Gasteiger partial charge in [0.05, 0.1) is 5.41 Å². The molecule has 0 bridgehead atoms. The van der Waals surface area contributed by atoms with Crippen molar-refractivity contribution in [1.29, 1.82) is 0 Å². The fourth-order valence-electron chi connectivity index (χ4n) is 4.65. The topological polar surface area (TPSA) is 72.9 Å². The number of nitrogens with zero attached hydrogens (tertiary/aromatic N) is 6. The standard InChI is InChI=1S/C19H22N6O/c1-13-20-9-10-25(13)17-7-3-6-16(21-17)24-11-15-5-4-8-19(15,12-24)18-23-22-14(2)26-18/h3,6-7,9-10,15H,4-5,8,11-12H2,1-2H3/t15-,19-/m0/s1. The van der Waals surface area contributed by atoms with Crippen LogP contribution in [-0.4, -0.2) is 37.8 Å². The number of pyridine rings is 1. The predicted octanol–water partition coefficient (Wildman–Crippen LogP) is 2.83. The molecule has 2 atom stereocenters. The number of aromatic nitrogens is 5. The molecule has 7 nitrogen and oxygen atoms in total. The Balaban J connectivity index is 1.48. The van der Waals surface area contributed by atoms with E-state index in [0.717, 1.165) is 42.9 Å². The van der Waals surface area contributed by atoms with Gasteiger partial charge in [-0.05, 0) is 37.8 Å². The minimum atomic E-state index is -0.0239. The molecular weight excluding hydrogens is 328 g/mol. The minimum Gasteiger partial charge on any atom is -0.425 e. The molecule has 4 heterocycles. The average molecular weight is 350 g/mol. The number of imidazole rings is 1. The molecule has 1 saturated heterocycles. The summed E-state index contributed by atoms with van der Waals surface area (Å²) in [5.41, 5.74) is -0.0239. The Hall–Kier alpha value is -2.70. The molecule has 134 valence electrons. The van der Waals surface area contributed by atoms with E-state index in [1.807, 2.05) is 30.7 Å². The van der Waals surface area contributed by atoms with Crippen LogP contribution in [0.15, 0.2) is 35.0 Å². The third kappa shape index (κ3) is 2.26. The van der Waals surface area contributed by atoms with Crippen molar-refractivity contribution < 1.29 is 4.42 Å². The second-order valence-electron chi connectivity index (χ2n) is 7.45. The summed E-state index contributed by atoms with van der Waals surface area (Å²) < 4.78 is 7.88. The lowest BCUT2D eigenvalue weighted by Crippen LogP contribution is -2.32. The van der Waals surface area contributed by atoms with E-state index in [2.05, 4.69) is 32.2 Å². The molecular formula is C19H22N6O. The Morgan fingerprint density at radius 2 is 2.08 bits per heavy atom. The van der Waals surface area contributed by atoms with Crippen LogP contribution in [0.3, 0.4) is 0 Å². The number of hydrogen-bond donors (Lipinski definition) is 0. The van der Waals surface area contributed by atoms with Gasteiger partial charge in [-0.25, -0.2) is 9.97 Å². The third-order valence-corrected chi connectivity index (χ3v) is 5.94. The first-order valence-electron chi connectivity index (χ1n) is 9.19. The monoisotopic (exact) mass is 350 g/mol. The van der Waals surface area contributed by atoms with Crippen LogP contribution in [0, 0.1) is 19.8 Å². The van der Waals surface area contributed by atoms with E-state index in [1.165, 1.54) is 12.8 Å². The summed E-state index contributed by atoms with van der Waals surface area (Å²) >= 11 is 0. The van der Waals surface area contributed by atoms with Crippen LogP contribution in [0.1, 0.15) is 36.9 Å². The van der Waals surface area contributed by atoms with E-state index in [1.54, 1.807) is 6.20 Å². The molecule has 2 aliphatic rings. The highest BCUT2D eigenvalue weighted by atomic mass is 16.4. The molecule has 3 aromatic rings. The summed E-state index contributed by atoms with van der Waals surface area (Å²) in [7, 11) is 0. The Bertz CT molecular complexity index is 947.